The summed E-state index contributed by atoms with van der Waals surface area (Å²) in [5, 5.41) is 0.612. The lowest BCUT2D eigenvalue weighted by molar-refractivity contribution is -0.134. The number of likely N-dealkylation sites (N-methyl/N-ethyl adjacent to an activating group) is 1. The van der Waals surface area contributed by atoms with E-state index in [1.54, 1.807) is 0 Å². The zero-order valence-electron chi connectivity index (χ0n) is 7.05. The molecule has 0 radical (unpaired) electrons. The predicted octanol–water partition coefficient (Wildman–Crippen LogP) is 0.105. The van der Waals surface area contributed by atoms with Gasteiger partial charge in [0.05, 0.1) is 6.54 Å². The number of hydrogen-bond donors (Lipinski definition) is 1. The van der Waals surface area contributed by atoms with Crippen LogP contribution < -0.4 is 5.73 Å². The summed E-state index contributed by atoms with van der Waals surface area (Å²) in [5.41, 5.74) is 4.96. The van der Waals surface area contributed by atoms with E-state index in [1.165, 1.54) is 4.90 Å². The number of nitrogens with zero attached hydrogens (tertiary/aromatic N) is 1. The van der Waals surface area contributed by atoms with Crippen molar-refractivity contribution < 1.29 is 9.59 Å². The van der Waals surface area contributed by atoms with Crippen LogP contribution in [0, 0.1) is 0 Å². The van der Waals surface area contributed by atoms with Crippen LogP contribution in [0.5, 0.6) is 0 Å². The Balaban J connectivity index is 3.96. The molecule has 0 atom stereocenters. The van der Waals surface area contributed by atoms with Crippen molar-refractivity contribution in [1.82, 2.24) is 4.90 Å². The molecule has 12 heavy (non-hydrogen) atoms. The second kappa shape index (κ2) is 5.99. The van der Waals surface area contributed by atoms with Crippen LogP contribution >= 0.6 is 15.9 Å². The first-order valence-corrected chi connectivity index (χ1v) is 4.86. The Hall–Kier alpha value is -0.580. The molecule has 0 saturated carbocycles. The lowest BCUT2D eigenvalue weighted by atomic mass is 10.3. The predicted molar refractivity (Wildman–Crippen MR) is 49.9 cm³/mol. The van der Waals surface area contributed by atoms with E-state index >= 15 is 0 Å². The Labute approximate surface area is 80.2 Å². The van der Waals surface area contributed by atoms with Crippen molar-refractivity contribution in [1.29, 1.82) is 0 Å². The molecule has 0 aromatic carbocycles. The normalized spacial score (nSPS) is 9.50. The quantitative estimate of drug-likeness (QED) is 0.689. The van der Waals surface area contributed by atoms with Crippen molar-refractivity contribution >= 4 is 27.7 Å². The minimum atomic E-state index is -0.472. The highest BCUT2D eigenvalue weighted by Crippen LogP contribution is 1.96. The molecule has 0 aliphatic rings. The third-order valence-electron chi connectivity index (χ3n) is 1.39. The first-order valence-electron chi connectivity index (χ1n) is 3.73. The topological polar surface area (TPSA) is 63.4 Å². The molecule has 0 saturated heterocycles. The number of carbonyl (C=O) groups is 2. The largest absolute Gasteiger partial charge is 0.368 e. The molecule has 0 aliphatic carbocycles. The zero-order chi connectivity index (χ0) is 9.56. The van der Waals surface area contributed by atoms with Gasteiger partial charge >= 0.3 is 0 Å². The van der Waals surface area contributed by atoms with Crippen LogP contribution in [0.3, 0.4) is 0 Å². The molecule has 0 rings (SSSR count). The van der Waals surface area contributed by atoms with Crippen molar-refractivity contribution in [3.63, 3.8) is 0 Å². The van der Waals surface area contributed by atoms with E-state index in [4.69, 9.17) is 5.73 Å². The molecule has 0 bridgehead atoms. The van der Waals surface area contributed by atoms with Gasteiger partial charge in [-0.05, 0) is 6.92 Å². The number of halogens is 1. The standard InChI is InChI=1S/C7H13BrN2O2/c1-2-10(5-6(9)11)7(12)3-4-8/h2-5H2,1H3,(H2,9,11). The van der Waals surface area contributed by atoms with Gasteiger partial charge in [-0.3, -0.25) is 9.59 Å². The molecule has 5 heteroatoms. The third-order valence-corrected chi connectivity index (χ3v) is 1.79. The van der Waals surface area contributed by atoms with Gasteiger partial charge in [0.1, 0.15) is 0 Å². The van der Waals surface area contributed by atoms with E-state index in [9.17, 15) is 9.59 Å². The van der Waals surface area contributed by atoms with Crippen molar-refractivity contribution in [3.8, 4) is 0 Å². The summed E-state index contributed by atoms with van der Waals surface area (Å²) in [6.45, 7) is 2.35. The molecule has 0 fully saturated rings. The maximum absolute atomic E-state index is 11.2. The number of nitrogens with two attached hydrogens (primary N) is 1. The highest BCUT2D eigenvalue weighted by Gasteiger charge is 2.12. The maximum Gasteiger partial charge on any atom is 0.237 e. The van der Waals surface area contributed by atoms with Crippen molar-refractivity contribution in [2.24, 2.45) is 5.73 Å². The van der Waals surface area contributed by atoms with Crippen LogP contribution in [0.4, 0.5) is 0 Å². The van der Waals surface area contributed by atoms with Gasteiger partial charge in [-0.15, -0.1) is 0 Å². The van der Waals surface area contributed by atoms with Crippen LogP contribution in [-0.4, -0.2) is 35.1 Å². The van der Waals surface area contributed by atoms with Gasteiger partial charge in [0.15, 0.2) is 0 Å². The third kappa shape index (κ3) is 4.33. The van der Waals surface area contributed by atoms with Gasteiger partial charge in [0.2, 0.25) is 11.8 Å². The summed E-state index contributed by atoms with van der Waals surface area (Å²) < 4.78 is 0. The summed E-state index contributed by atoms with van der Waals surface area (Å²) in [6, 6.07) is 0. The number of primary amides is 1. The minimum absolute atomic E-state index is 0.0162. The van der Waals surface area contributed by atoms with E-state index in [2.05, 4.69) is 15.9 Å². The van der Waals surface area contributed by atoms with Crippen LogP contribution in [0.15, 0.2) is 0 Å². The highest BCUT2D eigenvalue weighted by atomic mass is 79.9. The Morgan fingerprint density at radius 1 is 1.50 bits per heavy atom. The lowest BCUT2D eigenvalue weighted by Gasteiger charge is -2.18. The monoisotopic (exact) mass is 236 g/mol. The number of amides is 2. The number of alkyl halides is 1. The zero-order valence-corrected chi connectivity index (χ0v) is 8.63. The molecule has 0 spiro atoms. The smallest absolute Gasteiger partial charge is 0.237 e. The molecular weight excluding hydrogens is 224 g/mol. The Bertz CT molecular complexity index is 173. The minimum Gasteiger partial charge on any atom is -0.368 e. The fourth-order valence-electron chi connectivity index (χ4n) is 0.803. The SMILES string of the molecule is CCN(CC(N)=O)C(=O)CCBr. The van der Waals surface area contributed by atoms with Gasteiger partial charge in [-0.25, -0.2) is 0 Å². The summed E-state index contributed by atoms with van der Waals surface area (Å²) in [6.07, 6.45) is 0.404. The average molecular weight is 237 g/mol. The van der Waals surface area contributed by atoms with Crippen LogP contribution in [0.2, 0.25) is 0 Å². The molecule has 2 amide bonds. The molecule has 0 unspecified atom stereocenters. The van der Waals surface area contributed by atoms with Gasteiger partial charge in [-0.2, -0.15) is 0 Å². The number of hydrogen-bond acceptors (Lipinski definition) is 2. The van der Waals surface area contributed by atoms with Gasteiger partial charge in [0, 0.05) is 18.3 Å². The first-order chi connectivity index (χ1) is 5.61. The number of rotatable bonds is 5. The second-order valence-corrected chi connectivity index (χ2v) is 3.11. The molecule has 2 N–H and O–H groups in total. The fraction of sp³-hybridized carbons (Fsp3) is 0.714. The molecule has 0 aromatic heterocycles. The molecule has 70 valence electrons. The Morgan fingerprint density at radius 3 is 2.42 bits per heavy atom. The summed E-state index contributed by atoms with van der Waals surface area (Å²) >= 11 is 3.15. The van der Waals surface area contributed by atoms with E-state index in [0.29, 0.717) is 18.3 Å². The molecule has 0 aliphatic heterocycles. The molecule has 0 heterocycles. The van der Waals surface area contributed by atoms with E-state index in [0.717, 1.165) is 0 Å². The van der Waals surface area contributed by atoms with E-state index in [-0.39, 0.29) is 12.5 Å². The lowest BCUT2D eigenvalue weighted by Crippen LogP contribution is -2.38. The van der Waals surface area contributed by atoms with Crippen molar-refractivity contribution in [2.75, 3.05) is 18.4 Å². The van der Waals surface area contributed by atoms with Gasteiger partial charge in [-0.1, -0.05) is 15.9 Å². The van der Waals surface area contributed by atoms with Crippen LogP contribution in [0.1, 0.15) is 13.3 Å². The summed E-state index contributed by atoms with van der Waals surface area (Å²) in [4.78, 5) is 23.1. The first kappa shape index (κ1) is 11.4. The van der Waals surface area contributed by atoms with Gasteiger partial charge in [0.25, 0.3) is 0 Å². The average Bonchev–Trinajstić information content (AvgIpc) is 2.00. The second-order valence-electron chi connectivity index (χ2n) is 2.31. The fourth-order valence-corrected chi connectivity index (χ4v) is 1.14. The van der Waals surface area contributed by atoms with Crippen molar-refractivity contribution in [2.45, 2.75) is 13.3 Å². The van der Waals surface area contributed by atoms with Gasteiger partial charge < -0.3 is 10.6 Å². The summed E-state index contributed by atoms with van der Waals surface area (Å²) in [7, 11) is 0. The highest BCUT2D eigenvalue weighted by molar-refractivity contribution is 9.09. The van der Waals surface area contributed by atoms with Crippen LogP contribution in [0.25, 0.3) is 0 Å². The Morgan fingerprint density at radius 2 is 2.08 bits per heavy atom. The van der Waals surface area contributed by atoms with Crippen molar-refractivity contribution in [3.05, 3.63) is 0 Å². The maximum atomic E-state index is 11.2. The van der Waals surface area contributed by atoms with Crippen LogP contribution in [-0.2, 0) is 9.59 Å². The number of carbonyl (C=O) groups excluding carboxylic acids is 2. The Kier molecular flexibility index (Phi) is 5.70. The summed E-state index contributed by atoms with van der Waals surface area (Å²) in [5.74, 6) is -0.520. The van der Waals surface area contributed by atoms with E-state index in [1.807, 2.05) is 6.92 Å². The molecule has 0 aromatic rings. The molecule has 4 nitrogen and oxygen atoms in total. The molecular formula is C7H13BrN2O2. The van der Waals surface area contributed by atoms with E-state index < -0.39 is 5.91 Å².